The Morgan fingerprint density at radius 1 is 1.10 bits per heavy atom. The zero-order chi connectivity index (χ0) is 20.1. The maximum atomic E-state index is 13.2. The van der Waals surface area contributed by atoms with E-state index in [2.05, 4.69) is 28.5 Å². The molecule has 5 nitrogen and oxygen atoms in total. The fourth-order valence-corrected chi connectivity index (χ4v) is 3.57. The molecule has 5 heteroatoms. The van der Waals surface area contributed by atoms with Gasteiger partial charge in [-0.05, 0) is 60.0 Å². The van der Waals surface area contributed by atoms with Crippen LogP contribution >= 0.6 is 0 Å². The Balaban J connectivity index is 1.54. The Morgan fingerprint density at radius 2 is 1.97 bits per heavy atom. The Bertz CT molecular complexity index is 988. The molecule has 0 unspecified atom stereocenters. The minimum absolute atomic E-state index is 0.0360. The average Bonchev–Trinajstić information content (AvgIpc) is 3.02. The van der Waals surface area contributed by atoms with E-state index >= 15 is 0 Å². The van der Waals surface area contributed by atoms with E-state index in [1.54, 1.807) is 12.4 Å². The van der Waals surface area contributed by atoms with E-state index in [0.717, 1.165) is 41.1 Å². The molecule has 1 aromatic heterocycles. The van der Waals surface area contributed by atoms with Crippen LogP contribution in [0.2, 0.25) is 0 Å². The molecule has 3 aromatic rings. The van der Waals surface area contributed by atoms with E-state index in [9.17, 15) is 4.79 Å². The summed E-state index contributed by atoms with van der Waals surface area (Å²) in [5.74, 6) is 0.897. The van der Waals surface area contributed by atoms with E-state index < -0.39 is 0 Å². The third-order valence-corrected chi connectivity index (χ3v) is 5.14. The number of fused-ring (bicyclic) bond motifs is 1. The summed E-state index contributed by atoms with van der Waals surface area (Å²) < 4.78 is 5.73. The second-order valence-electron chi connectivity index (χ2n) is 7.10. The van der Waals surface area contributed by atoms with Crippen LogP contribution in [0.5, 0.6) is 5.75 Å². The van der Waals surface area contributed by atoms with Crippen molar-refractivity contribution in [2.45, 2.75) is 20.0 Å². The maximum absolute atomic E-state index is 13.2. The molecule has 0 bridgehead atoms. The number of hydrogen-bond acceptors (Lipinski definition) is 4. The van der Waals surface area contributed by atoms with Crippen molar-refractivity contribution in [3.05, 3.63) is 83.7 Å². The molecule has 0 spiro atoms. The lowest BCUT2D eigenvalue weighted by molar-refractivity contribution is 0.0752. The van der Waals surface area contributed by atoms with Crippen LogP contribution in [0.25, 0.3) is 11.1 Å². The van der Waals surface area contributed by atoms with Crippen LogP contribution in [0.3, 0.4) is 0 Å². The molecular weight excluding hydrogens is 362 g/mol. The number of nitrogens with zero attached hydrogens (tertiary/aromatic N) is 2. The van der Waals surface area contributed by atoms with E-state index in [0.29, 0.717) is 25.3 Å². The molecule has 0 radical (unpaired) electrons. The monoisotopic (exact) mass is 387 g/mol. The van der Waals surface area contributed by atoms with Gasteiger partial charge in [0.25, 0.3) is 5.91 Å². The van der Waals surface area contributed by atoms with Gasteiger partial charge in [-0.25, -0.2) is 0 Å². The molecule has 1 aliphatic rings. The van der Waals surface area contributed by atoms with Gasteiger partial charge in [0, 0.05) is 49.7 Å². The number of rotatable bonds is 5. The Kier molecular flexibility index (Phi) is 5.86. The number of carbonyl (C=O) groups excluding carboxylic acids is 1. The second-order valence-corrected chi connectivity index (χ2v) is 7.10. The average molecular weight is 387 g/mol. The van der Waals surface area contributed by atoms with Crippen molar-refractivity contribution >= 4 is 5.91 Å². The van der Waals surface area contributed by atoms with Gasteiger partial charge in [-0.2, -0.15) is 0 Å². The van der Waals surface area contributed by atoms with Crippen LogP contribution in [0.15, 0.2) is 67.0 Å². The van der Waals surface area contributed by atoms with E-state index in [4.69, 9.17) is 4.74 Å². The lowest BCUT2D eigenvalue weighted by Crippen LogP contribution is -2.30. The van der Waals surface area contributed by atoms with Crippen LogP contribution < -0.4 is 10.1 Å². The van der Waals surface area contributed by atoms with E-state index in [1.807, 2.05) is 48.2 Å². The molecule has 2 aromatic carbocycles. The SMILES string of the molecule is CCN(Cc1cccc(-c2ccncc2)c1)C(=O)c1ccc2c(c1)CNCCO2. The first kappa shape index (κ1) is 19.2. The quantitative estimate of drug-likeness (QED) is 0.722. The molecule has 4 rings (SSSR count). The Hall–Kier alpha value is -3.18. The van der Waals surface area contributed by atoms with E-state index in [-0.39, 0.29) is 5.91 Å². The smallest absolute Gasteiger partial charge is 0.254 e. The third-order valence-electron chi connectivity index (χ3n) is 5.14. The topological polar surface area (TPSA) is 54.5 Å². The predicted octanol–water partition coefficient (Wildman–Crippen LogP) is 3.89. The highest BCUT2D eigenvalue weighted by atomic mass is 16.5. The van der Waals surface area contributed by atoms with Gasteiger partial charge >= 0.3 is 0 Å². The maximum Gasteiger partial charge on any atom is 0.254 e. The Labute approximate surface area is 171 Å². The number of nitrogens with one attached hydrogen (secondary N) is 1. The van der Waals surface area contributed by atoms with Crippen molar-refractivity contribution in [1.29, 1.82) is 0 Å². The van der Waals surface area contributed by atoms with Crippen molar-refractivity contribution in [3.63, 3.8) is 0 Å². The lowest BCUT2D eigenvalue weighted by Gasteiger charge is -2.22. The van der Waals surface area contributed by atoms with Crippen LogP contribution in [-0.4, -0.2) is 35.5 Å². The number of aromatic nitrogens is 1. The van der Waals surface area contributed by atoms with Gasteiger partial charge in [-0.15, -0.1) is 0 Å². The molecule has 29 heavy (non-hydrogen) atoms. The molecule has 0 fully saturated rings. The van der Waals surface area contributed by atoms with Crippen molar-refractivity contribution in [3.8, 4) is 16.9 Å². The van der Waals surface area contributed by atoms with Crippen LogP contribution in [-0.2, 0) is 13.1 Å². The summed E-state index contributed by atoms with van der Waals surface area (Å²) >= 11 is 0. The highest BCUT2D eigenvalue weighted by Crippen LogP contribution is 2.24. The van der Waals surface area contributed by atoms with Gasteiger partial charge in [-0.1, -0.05) is 18.2 Å². The van der Waals surface area contributed by atoms with Crippen LogP contribution in [0.1, 0.15) is 28.4 Å². The number of amides is 1. The zero-order valence-electron chi connectivity index (χ0n) is 16.6. The molecule has 1 aliphatic heterocycles. The summed E-state index contributed by atoms with van der Waals surface area (Å²) in [6.07, 6.45) is 3.58. The fraction of sp³-hybridized carbons (Fsp3) is 0.250. The fourth-order valence-electron chi connectivity index (χ4n) is 3.57. The molecule has 0 saturated heterocycles. The summed E-state index contributed by atoms with van der Waals surface area (Å²) in [6, 6.07) is 18.0. The number of ether oxygens (including phenoxy) is 1. The number of benzene rings is 2. The van der Waals surface area contributed by atoms with Gasteiger partial charge in [0.15, 0.2) is 0 Å². The van der Waals surface area contributed by atoms with Gasteiger partial charge in [0.1, 0.15) is 12.4 Å². The molecule has 1 N–H and O–H groups in total. The zero-order valence-corrected chi connectivity index (χ0v) is 16.6. The normalized spacial score (nSPS) is 13.1. The van der Waals surface area contributed by atoms with Crippen molar-refractivity contribution < 1.29 is 9.53 Å². The standard InChI is InChI=1S/C24H25N3O2/c1-2-27(17-18-4-3-5-20(14-18)19-8-10-25-11-9-19)24(28)21-6-7-23-22(15-21)16-26-12-13-29-23/h3-11,14-15,26H,2,12-13,16-17H2,1H3. The summed E-state index contributed by atoms with van der Waals surface area (Å²) in [4.78, 5) is 19.1. The molecule has 1 amide bonds. The van der Waals surface area contributed by atoms with Crippen LogP contribution in [0.4, 0.5) is 0 Å². The highest BCUT2D eigenvalue weighted by molar-refractivity contribution is 5.94. The molecule has 0 atom stereocenters. The summed E-state index contributed by atoms with van der Waals surface area (Å²) in [5, 5.41) is 3.32. The first-order valence-electron chi connectivity index (χ1n) is 9.99. The molecule has 0 saturated carbocycles. The highest BCUT2D eigenvalue weighted by Gasteiger charge is 2.18. The van der Waals surface area contributed by atoms with Crippen molar-refractivity contribution in [2.24, 2.45) is 0 Å². The van der Waals surface area contributed by atoms with Gasteiger partial charge in [-0.3, -0.25) is 9.78 Å². The summed E-state index contributed by atoms with van der Waals surface area (Å²) in [5.41, 5.74) is 5.08. The minimum atomic E-state index is 0.0360. The predicted molar refractivity (Wildman–Crippen MR) is 114 cm³/mol. The van der Waals surface area contributed by atoms with Gasteiger partial charge in [0.2, 0.25) is 0 Å². The largest absolute Gasteiger partial charge is 0.492 e. The first-order valence-corrected chi connectivity index (χ1v) is 9.99. The second kappa shape index (κ2) is 8.88. The number of pyridine rings is 1. The molecule has 148 valence electrons. The number of carbonyl (C=O) groups is 1. The van der Waals surface area contributed by atoms with Gasteiger partial charge < -0.3 is 15.0 Å². The minimum Gasteiger partial charge on any atom is -0.492 e. The first-order chi connectivity index (χ1) is 14.2. The summed E-state index contributed by atoms with van der Waals surface area (Å²) in [7, 11) is 0. The third kappa shape index (κ3) is 4.46. The van der Waals surface area contributed by atoms with Crippen molar-refractivity contribution in [2.75, 3.05) is 19.7 Å². The van der Waals surface area contributed by atoms with Crippen molar-refractivity contribution in [1.82, 2.24) is 15.2 Å². The molecular formula is C24H25N3O2. The Morgan fingerprint density at radius 3 is 2.79 bits per heavy atom. The summed E-state index contributed by atoms with van der Waals surface area (Å²) in [6.45, 7) is 5.40. The molecule has 2 heterocycles. The number of hydrogen-bond donors (Lipinski definition) is 1. The van der Waals surface area contributed by atoms with Crippen LogP contribution in [0, 0.1) is 0 Å². The lowest BCUT2D eigenvalue weighted by atomic mass is 10.0. The molecule has 0 aliphatic carbocycles. The van der Waals surface area contributed by atoms with E-state index in [1.165, 1.54) is 0 Å². The van der Waals surface area contributed by atoms with Gasteiger partial charge in [0.05, 0.1) is 0 Å².